The molecule has 0 radical (unpaired) electrons. The summed E-state index contributed by atoms with van der Waals surface area (Å²) in [6.45, 7) is 4.23. The smallest absolute Gasteiger partial charge is 0.260 e. The number of hydrogen-bond acceptors (Lipinski definition) is 4. The van der Waals surface area contributed by atoms with Crippen molar-refractivity contribution in [2.45, 2.75) is 50.3 Å². The van der Waals surface area contributed by atoms with Gasteiger partial charge in [0.15, 0.2) is 5.03 Å². The van der Waals surface area contributed by atoms with Crippen molar-refractivity contribution >= 4 is 10.0 Å². The summed E-state index contributed by atoms with van der Waals surface area (Å²) in [6, 6.07) is 0.459. The fraction of sp³-hybridized carbons (Fsp3) is 0.727. The molecule has 0 saturated heterocycles. The first-order valence-corrected chi connectivity index (χ1v) is 7.60. The zero-order valence-electron chi connectivity index (χ0n) is 11.0. The van der Waals surface area contributed by atoms with Crippen LogP contribution in [0.15, 0.2) is 11.2 Å². The van der Waals surface area contributed by atoms with Gasteiger partial charge in [-0.25, -0.2) is 8.42 Å². The molecule has 2 rings (SSSR count). The van der Waals surface area contributed by atoms with Gasteiger partial charge >= 0.3 is 0 Å². The Labute approximate surface area is 108 Å². The SMILES string of the molecule is CC(C)N(C)S(=O)(=O)c1[nH]ncc1CNC1CC1. The number of aromatic nitrogens is 2. The summed E-state index contributed by atoms with van der Waals surface area (Å²) < 4.78 is 26.0. The monoisotopic (exact) mass is 272 g/mol. The fourth-order valence-electron chi connectivity index (χ4n) is 1.61. The minimum Gasteiger partial charge on any atom is -0.310 e. The summed E-state index contributed by atoms with van der Waals surface area (Å²) >= 11 is 0. The maximum Gasteiger partial charge on any atom is 0.260 e. The van der Waals surface area contributed by atoms with E-state index in [0.29, 0.717) is 18.2 Å². The molecule has 1 aliphatic rings. The maximum atomic E-state index is 12.3. The van der Waals surface area contributed by atoms with E-state index in [-0.39, 0.29) is 11.1 Å². The second-order valence-electron chi connectivity index (χ2n) is 4.99. The van der Waals surface area contributed by atoms with Gasteiger partial charge in [0.05, 0.1) is 6.20 Å². The van der Waals surface area contributed by atoms with E-state index in [1.54, 1.807) is 13.2 Å². The highest BCUT2D eigenvalue weighted by Gasteiger charge is 2.28. The molecule has 0 aromatic carbocycles. The number of H-pyrrole nitrogens is 1. The highest BCUT2D eigenvalue weighted by molar-refractivity contribution is 7.89. The molecule has 1 saturated carbocycles. The second-order valence-corrected chi connectivity index (χ2v) is 6.93. The van der Waals surface area contributed by atoms with Crippen molar-refractivity contribution in [3.63, 3.8) is 0 Å². The van der Waals surface area contributed by atoms with Gasteiger partial charge < -0.3 is 5.32 Å². The molecule has 0 amide bonds. The first kappa shape index (κ1) is 13.5. The molecule has 0 unspecified atom stereocenters. The van der Waals surface area contributed by atoms with Gasteiger partial charge in [-0.05, 0) is 26.7 Å². The predicted octanol–water partition coefficient (Wildman–Crippen LogP) is 0.691. The molecule has 1 heterocycles. The average molecular weight is 272 g/mol. The lowest BCUT2D eigenvalue weighted by molar-refractivity contribution is 0.408. The Hall–Kier alpha value is -0.920. The van der Waals surface area contributed by atoms with E-state index >= 15 is 0 Å². The summed E-state index contributed by atoms with van der Waals surface area (Å²) in [5, 5.41) is 9.96. The average Bonchev–Trinajstić information content (AvgIpc) is 3.01. The lowest BCUT2D eigenvalue weighted by atomic mass is 10.3. The Morgan fingerprint density at radius 2 is 2.22 bits per heavy atom. The van der Waals surface area contributed by atoms with Gasteiger partial charge in [-0.3, -0.25) is 5.10 Å². The van der Waals surface area contributed by atoms with Crippen molar-refractivity contribution in [3.8, 4) is 0 Å². The molecule has 0 bridgehead atoms. The first-order chi connectivity index (χ1) is 8.43. The van der Waals surface area contributed by atoms with Crippen molar-refractivity contribution in [2.24, 2.45) is 0 Å². The van der Waals surface area contributed by atoms with Crippen LogP contribution in [0.3, 0.4) is 0 Å². The van der Waals surface area contributed by atoms with Crippen molar-refractivity contribution in [2.75, 3.05) is 7.05 Å². The standard InChI is InChI=1S/C11H20N4O2S/c1-8(2)15(3)18(16,17)11-9(7-13-14-11)6-12-10-4-5-10/h7-8,10,12H,4-6H2,1-3H3,(H,13,14). The molecule has 1 aromatic heterocycles. The third-order valence-electron chi connectivity index (χ3n) is 3.20. The number of aromatic amines is 1. The Kier molecular flexibility index (Phi) is 3.74. The summed E-state index contributed by atoms with van der Waals surface area (Å²) in [5.41, 5.74) is 0.703. The molecule has 0 atom stereocenters. The molecular formula is C11H20N4O2S. The number of hydrogen-bond donors (Lipinski definition) is 2. The summed E-state index contributed by atoms with van der Waals surface area (Å²) in [6.07, 6.45) is 3.92. The second kappa shape index (κ2) is 4.99. The van der Waals surface area contributed by atoms with Crippen LogP contribution in [-0.4, -0.2) is 42.1 Å². The van der Waals surface area contributed by atoms with Gasteiger partial charge in [-0.2, -0.15) is 9.40 Å². The van der Waals surface area contributed by atoms with Crippen LogP contribution in [0.5, 0.6) is 0 Å². The van der Waals surface area contributed by atoms with E-state index in [1.165, 1.54) is 17.1 Å². The van der Waals surface area contributed by atoms with Gasteiger partial charge in [-0.1, -0.05) is 0 Å². The summed E-state index contributed by atoms with van der Waals surface area (Å²) in [5.74, 6) is 0. The molecule has 1 aromatic rings. The maximum absolute atomic E-state index is 12.3. The van der Waals surface area contributed by atoms with Crippen LogP contribution >= 0.6 is 0 Å². The van der Waals surface area contributed by atoms with Crippen molar-refractivity contribution < 1.29 is 8.42 Å². The Balaban J connectivity index is 2.18. The van der Waals surface area contributed by atoms with E-state index in [4.69, 9.17) is 0 Å². The quantitative estimate of drug-likeness (QED) is 0.798. The van der Waals surface area contributed by atoms with Gasteiger partial charge in [0, 0.05) is 31.2 Å². The highest BCUT2D eigenvalue weighted by Crippen LogP contribution is 2.22. The molecule has 102 valence electrons. The lowest BCUT2D eigenvalue weighted by Crippen LogP contribution is -2.34. The van der Waals surface area contributed by atoms with Crippen LogP contribution in [0.1, 0.15) is 32.3 Å². The van der Waals surface area contributed by atoms with Gasteiger partial charge in [-0.15, -0.1) is 0 Å². The zero-order valence-corrected chi connectivity index (χ0v) is 11.8. The molecule has 1 aliphatic carbocycles. The zero-order chi connectivity index (χ0) is 13.3. The van der Waals surface area contributed by atoms with Crippen molar-refractivity contribution in [1.82, 2.24) is 19.8 Å². The Morgan fingerprint density at radius 3 is 2.78 bits per heavy atom. The molecule has 7 heteroatoms. The van der Waals surface area contributed by atoms with E-state index < -0.39 is 10.0 Å². The van der Waals surface area contributed by atoms with Crippen LogP contribution in [0.25, 0.3) is 0 Å². The van der Waals surface area contributed by atoms with E-state index in [0.717, 1.165) is 0 Å². The molecule has 2 N–H and O–H groups in total. The molecular weight excluding hydrogens is 252 g/mol. The third-order valence-corrected chi connectivity index (χ3v) is 5.25. The lowest BCUT2D eigenvalue weighted by Gasteiger charge is -2.20. The van der Waals surface area contributed by atoms with Crippen LogP contribution in [0.2, 0.25) is 0 Å². The third kappa shape index (κ3) is 2.73. The number of rotatable bonds is 6. The fourth-order valence-corrected chi connectivity index (χ4v) is 3.08. The van der Waals surface area contributed by atoms with E-state index in [9.17, 15) is 8.42 Å². The minimum absolute atomic E-state index is 0.0810. The van der Waals surface area contributed by atoms with Crippen LogP contribution in [-0.2, 0) is 16.6 Å². The van der Waals surface area contributed by atoms with Crippen LogP contribution < -0.4 is 5.32 Å². The molecule has 0 spiro atoms. The Bertz CT molecular complexity index is 505. The Morgan fingerprint density at radius 1 is 1.56 bits per heavy atom. The van der Waals surface area contributed by atoms with E-state index in [1.807, 2.05) is 13.8 Å². The van der Waals surface area contributed by atoms with Crippen molar-refractivity contribution in [3.05, 3.63) is 11.8 Å². The summed E-state index contributed by atoms with van der Waals surface area (Å²) in [7, 11) is -1.90. The molecule has 18 heavy (non-hydrogen) atoms. The van der Waals surface area contributed by atoms with Crippen LogP contribution in [0.4, 0.5) is 0 Å². The van der Waals surface area contributed by atoms with Gasteiger partial charge in [0.1, 0.15) is 0 Å². The van der Waals surface area contributed by atoms with Gasteiger partial charge in [0.25, 0.3) is 10.0 Å². The predicted molar refractivity (Wildman–Crippen MR) is 68.5 cm³/mol. The number of sulfonamides is 1. The first-order valence-electron chi connectivity index (χ1n) is 6.16. The highest BCUT2D eigenvalue weighted by atomic mass is 32.2. The normalized spacial score (nSPS) is 16.7. The molecule has 0 aliphatic heterocycles. The van der Waals surface area contributed by atoms with Gasteiger partial charge in [0.2, 0.25) is 0 Å². The minimum atomic E-state index is -3.48. The van der Waals surface area contributed by atoms with Crippen molar-refractivity contribution in [1.29, 1.82) is 0 Å². The number of nitrogens with zero attached hydrogens (tertiary/aromatic N) is 2. The molecule has 6 nitrogen and oxygen atoms in total. The summed E-state index contributed by atoms with van der Waals surface area (Å²) in [4.78, 5) is 0. The van der Waals surface area contributed by atoms with E-state index in [2.05, 4.69) is 15.5 Å². The topological polar surface area (TPSA) is 78.1 Å². The van der Waals surface area contributed by atoms with Crippen LogP contribution in [0, 0.1) is 0 Å². The number of nitrogens with one attached hydrogen (secondary N) is 2. The largest absolute Gasteiger partial charge is 0.310 e. The molecule has 1 fully saturated rings.